The Bertz CT molecular complexity index is 3100. The zero-order chi connectivity index (χ0) is 55.1. The molecule has 0 saturated heterocycles. The first kappa shape index (κ1) is 54.8. The van der Waals surface area contributed by atoms with Gasteiger partial charge in [0.2, 0.25) is 0 Å². The Hall–Kier alpha value is -5.12. The highest BCUT2D eigenvalue weighted by atomic mass is 32.1. The Morgan fingerprint density at radius 3 is 0.808 bits per heavy atom. The van der Waals surface area contributed by atoms with Crippen molar-refractivity contribution in [3.63, 3.8) is 0 Å². The van der Waals surface area contributed by atoms with Crippen molar-refractivity contribution >= 4 is 45.3 Å². The van der Waals surface area contributed by atoms with Crippen LogP contribution in [0.15, 0.2) is 94.3 Å². The van der Waals surface area contributed by atoms with E-state index in [2.05, 4.69) is 177 Å². The normalized spacial score (nSPS) is 14.5. The molecule has 8 aromatic rings. The smallest absolute Gasteiger partial charge is 0.126 e. The van der Waals surface area contributed by atoms with Gasteiger partial charge in [0.15, 0.2) is 0 Å². The molecule has 0 saturated carbocycles. The first-order valence-corrected chi connectivity index (χ1v) is 31.9. The van der Waals surface area contributed by atoms with Gasteiger partial charge in [0.1, 0.15) is 23.0 Å². The second kappa shape index (κ2) is 21.1. The standard InChI is InChI=1S/C70H80O4S4/c1-67(2,3)49-33-41-29-45-37-51(69(7,8)9)39-47(61(45)73-23-15-17-53-55-19-25-75-63(55)64-56(53)20-26-76-64)31-43-35-50(68(4,5)6)36-44(60(43)72-14)32-48-40-52(70(10,11)12)38-46(30-42(34-49)59(41)71-13)62(48)74-24-16-18-54-57-21-27-77-65(57)66-58(54)22-28-78-66/h19-22,25-28,33-40,53-54H,15-18,23-24,29-32H2,1-14H3. The average molecular weight is 1110 g/mol. The highest BCUT2D eigenvalue weighted by Gasteiger charge is 2.34. The fourth-order valence-corrected chi connectivity index (χ4v) is 16.8. The monoisotopic (exact) mass is 1110 g/mol. The second-order valence-electron chi connectivity index (χ2n) is 26.5. The molecule has 408 valence electrons. The van der Waals surface area contributed by atoms with E-state index in [0.717, 1.165) is 48.7 Å². The van der Waals surface area contributed by atoms with Crippen molar-refractivity contribution in [1.82, 2.24) is 0 Å². The van der Waals surface area contributed by atoms with Crippen LogP contribution in [0.5, 0.6) is 23.0 Å². The fraction of sp³-hybridized carbons (Fsp3) is 0.429. The van der Waals surface area contributed by atoms with Gasteiger partial charge in [-0.2, -0.15) is 0 Å². The molecule has 8 heteroatoms. The lowest BCUT2D eigenvalue weighted by Crippen LogP contribution is -2.17. The van der Waals surface area contributed by atoms with Crippen LogP contribution < -0.4 is 18.9 Å². The van der Waals surface area contributed by atoms with Crippen molar-refractivity contribution < 1.29 is 18.9 Å². The van der Waals surface area contributed by atoms with Crippen LogP contribution in [0.1, 0.15) is 210 Å². The summed E-state index contributed by atoms with van der Waals surface area (Å²) in [5.74, 6) is 4.68. The average Bonchev–Trinajstić information content (AvgIpc) is 4.35. The Morgan fingerprint density at radius 1 is 0.359 bits per heavy atom. The first-order chi connectivity index (χ1) is 37.1. The molecule has 78 heavy (non-hydrogen) atoms. The van der Waals surface area contributed by atoms with Crippen LogP contribution in [0.3, 0.4) is 0 Å². The van der Waals surface area contributed by atoms with E-state index in [0.29, 0.717) is 50.7 Å². The molecule has 4 heterocycles. The summed E-state index contributed by atoms with van der Waals surface area (Å²) >= 11 is 7.54. The molecule has 3 aliphatic carbocycles. The van der Waals surface area contributed by atoms with Crippen molar-refractivity contribution in [1.29, 1.82) is 0 Å². The van der Waals surface area contributed by atoms with Crippen LogP contribution in [0, 0.1) is 0 Å². The lowest BCUT2D eigenvalue weighted by Gasteiger charge is -2.29. The SMILES string of the molecule is COc1c2cc(C(C)(C)C)cc1Cc1cc(C(C)(C)C)cc(c1OCCCC1c3ccsc3-c3sccc31)Cc1cc(C(C)(C)C)cc(c1OC)Cc1cc(C(C)(C)C)cc(c1OCCCC1c3ccsc3-c3sccc31)C2. The quantitative estimate of drug-likeness (QED) is 0.114. The molecule has 4 aromatic carbocycles. The number of rotatable bonds is 12. The molecule has 0 aliphatic heterocycles. The van der Waals surface area contributed by atoms with Gasteiger partial charge in [-0.05, 0) is 182 Å². The zero-order valence-electron chi connectivity index (χ0n) is 48.7. The summed E-state index contributed by atoms with van der Waals surface area (Å²) in [6.45, 7) is 29.3. The number of methoxy groups -OCH3 is 2. The van der Waals surface area contributed by atoms with Crippen LogP contribution in [-0.4, -0.2) is 27.4 Å². The minimum Gasteiger partial charge on any atom is -0.496 e. The van der Waals surface area contributed by atoms with E-state index >= 15 is 0 Å². The Morgan fingerprint density at radius 2 is 0.590 bits per heavy atom. The lowest BCUT2D eigenvalue weighted by molar-refractivity contribution is 0.298. The van der Waals surface area contributed by atoms with E-state index in [4.69, 9.17) is 18.9 Å². The van der Waals surface area contributed by atoms with Crippen LogP contribution in [0.4, 0.5) is 0 Å². The Labute approximate surface area is 482 Å². The maximum absolute atomic E-state index is 7.37. The van der Waals surface area contributed by atoms with Crippen LogP contribution in [0.2, 0.25) is 0 Å². The highest BCUT2D eigenvalue weighted by Crippen LogP contribution is 2.54. The third kappa shape index (κ3) is 10.6. The Balaban J connectivity index is 1.06. The van der Waals surface area contributed by atoms with E-state index in [9.17, 15) is 0 Å². The molecule has 0 radical (unpaired) electrons. The predicted octanol–water partition coefficient (Wildman–Crippen LogP) is 19.8. The molecule has 11 rings (SSSR count). The molecular weight excluding hydrogens is 1030 g/mol. The third-order valence-corrected chi connectivity index (χ3v) is 20.9. The van der Waals surface area contributed by atoms with E-state index < -0.39 is 0 Å². The fourth-order valence-electron chi connectivity index (χ4n) is 12.5. The second-order valence-corrected chi connectivity index (χ2v) is 30.2. The van der Waals surface area contributed by atoms with Gasteiger partial charge >= 0.3 is 0 Å². The lowest BCUT2D eigenvalue weighted by atomic mass is 9.79. The maximum Gasteiger partial charge on any atom is 0.126 e. The predicted molar refractivity (Wildman–Crippen MR) is 333 cm³/mol. The minimum absolute atomic E-state index is 0.118. The number of benzene rings is 4. The third-order valence-electron chi connectivity index (χ3n) is 16.8. The van der Waals surface area contributed by atoms with Gasteiger partial charge in [0.05, 0.1) is 27.4 Å². The highest BCUT2D eigenvalue weighted by molar-refractivity contribution is 7.21. The van der Waals surface area contributed by atoms with Gasteiger partial charge in [0.25, 0.3) is 0 Å². The zero-order valence-corrected chi connectivity index (χ0v) is 52.0. The summed E-state index contributed by atoms with van der Waals surface area (Å²) in [5, 5.41) is 9.06. The first-order valence-electron chi connectivity index (χ1n) is 28.4. The molecule has 0 unspecified atom stereocenters. The molecule has 4 nitrogen and oxygen atoms in total. The number of ether oxygens (including phenoxy) is 4. The van der Waals surface area contributed by atoms with Gasteiger partial charge in [-0.25, -0.2) is 0 Å². The van der Waals surface area contributed by atoms with Crippen molar-refractivity contribution in [3.05, 3.63) is 183 Å². The largest absolute Gasteiger partial charge is 0.496 e. The van der Waals surface area contributed by atoms with Crippen LogP contribution in [-0.2, 0) is 47.3 Å². The number of hydrogen-bond acceptors (Lipinski definition) is 8. The molecule has 8 bridgehead atoms. The summed E-state index contributed by atoms with van der Waals surface area (Å²) in [7, 11) is 3.74. The topological polar surface area (TPSA) is 36.9 Å². The van der Waals surface area contributed by atoms with Crippen molar-refractivity contribution in [2.24, 2.45) is 0 Å². The summed E-state index contributed by atoms with van der Waals surface area (Å²) in [5.41, 5.74) is 20.1. The molecule has 4 aromatic heterocycles. The van der Waals surface area contributed by atoms with Gasteiger partial charge in [-0.3, -0.25) is 0 Å². The molecule has 0 fully saturated rings. The van der Waals surface area contributed by atoms with Gasteiger partial charge in [0, 0.05) is 57.0 Å². The van der Waals surface area contributed by atoms with Crippen molar-refractivity contribution in [2.75, 3.05) is 27.4 Å². The summed E-state index contributed by atoms with van der Waals surface area (Å²) < 4.78 is 28.2. The number of fused-ring (bicyclic) bond motifs is 14. The van der Waals surface area contributed by atoms with Crippen molar-refractivity contribution in [2.45, 2.75) is 168 Å². The van der Waals surface area contributed by atoms with Gasteiger partial charge < -0.3 is 18.9 Å². The van der Waals surface area contributed by atoms with E-state index in [1.165, 1.54) is 109 Å². The molecular formula is C70H80O4S4. The summed E-state index contributed by atoms with van der Waals surface area (Å²) in [4.78, 5) is 5.83. The molecule has 0 atom stereocenters. The van der Waals surface area contributed by atoms with E-state index in [1.54, 1.807) is 0 Å². The van der Waals surface area contributed by atoms with Gasteiger partial charge in [-0.15, -0.1) is 45.3 Å². The van der Waals surface area contributed by atoms with Gasteiger partial charge in [-0.1, -0.05) is 132 Å². The Kier molecular flexibility index (Phi) is 14.8. The molecule has 0 N–H and O–H groups in total. The maximum atomic E-state index is 7.37. The number of thiophene rings is 4. The van der Waals surface area contributed by atoms with E-state index in [-0.39, 0.29) is 21.7 Å². The molecule has 0 spiro atoms. The summed E-state index contributed by atoms with van der Waals surface area (Å²) in [6.07, 6.45) is 6.61. The van der Waals surface area contributed by atoms with Crippen molar-refractivity contribution in [3.8, 4) is 42.5 Å². The van der Waals surface area contributed by atoms with Crippen LogP contribution >= 0.6 is 45.3 Å². The molecule has 3 aliphatic rings. The number of hydrogen-bond donors (Lipinski definition) is 0. The summed E-state index contributed by atoms with van der Waals surface area (Å²) in [6, 6.07) is 28.9. The van der Waals surface area contributed by atoms with E-state index in [1.807, 2.05) is 59.6 Å². The van der Waals surface area contributed by atoms with Crippen LogP contribution in [0.25, 0.3) is 19.5 Å². The minimum atomic E-state index is -0.119. The molecule has 0 amide bonds.